The monoisotopic (exact) mass is 432 g/mol. The van der Waals surface area contributed by atoms with E-state index in [1.54, 1.807) is 34.1 Å². The zero-order valence-electron chi connectivity index (χ0n) is 17.4. The molecule has 6 nitrogen and oxygen atoms in total. The van der Waals surface area contributed by atoms with Crippen molar-refractivity contribution in [2.45, 2.75) is 39.2 Å². The van der Waals surface area contributed by atoms with Crippen molar-refractivity contribution in [2.75, 3.05) is 0 Å². The molecule has 0 aliphatic heterocycles. The molecular formula is C22H23F3N4O2. The Hall–Kier alpha value is -3.36. The third-order valence-electron chi connectivity index (χ3n) is 4.56. The number of benzene rings is 1. The molecule has 0 N–H and O–H groups in total. The van der Waals surface area contributed by atoms with Crippen LogP contribution in [0.1, 0.15) is 25.2 Å². The fraction of sp³-hybridized carbons (Fsp3) is 0.318. The molecule has 3 aromatic rings. The van der Waals surface area contributed by atoms with E-state index in [-0.39, 0.29) is 24.1 Å². The molecule has 1 aromatic carbocycles. The number of nitrogens with zero attached hydrogens (tertiary/aromatic N) is 4. The van der Waals surface area contributed by atoms with E-state index in [2.05, 4.69) is 14.7 Å². The van der Waals surface area contributed by atoms with E-state index >= 15 is 0 Å². The number of carbonyl (C=O) groups is 1. The van der Waals surface area contributed by atoms with Crippen molar-refractivity contribution in [2.24, 2.45) is 7.05 Å². The standard InChI is InChI=1S/C22H23F3N4O2/c1-15(2)29(21(30)11-18-12-28(3)14-26-18)13-17-5-4-6-20(27-17)16-7-9-19(10-8-16)31-22(23,24)25/h4-10,12,14-15H,11,13H2,1-3H3. The second kappa shape index (κ2) is 9.20. The van der Waals surface area contributed by atoms with E-state index in [0.717, 1.165) is 0 Å². The second-order valence-corrected chi connectivity index (χ2v) is 7.41. The highest BCUT2D eigenvalue weighted by molar-refractivity contribution is 5.78. The van der Waals surface area contributed by atoms with Crippen molar-refractivity contribution in [1.82, 2.24) is 19.4 Å². The van der Waals surface area contributed by atoms with Crippen LogP contribution in [0.3, 0.4) is 0 Å². The lowest BCUT2D eigenvalue weighted by Gasteiger charge is -2.26. The van der Waals surface area contributed by atoms with Crippen LogP contribution >= 0.6 is 0 Å². The molecule has 164 valence electrons. The Balaban J connectivity index is 1.74. The van der Waals surface area contributed by atoms with E-state index < -0.39 is 6.36 Å². The van der Waals surface area contributed by atoms with Gasteiger partial charge in [0, 0.05) is 24.8 Å². The minimum Gasteiger partial charge on any atom is -0.406 e. The van der Waals surface area contributed by atoms with Gasteiger partial charge in [0.1, 0.15) is 5.75 Å². The first kappa shape index (κ1) is 22.3. The van der Waals surface area contributed by atoms with Gasteiger partial charge in [-0.2, -0.15) is 0 Å². The van der Waals surface area contributed by atoms with Crippen molar-refractivity contribution >= 4 is 5.91 Å². The lowest BCUT2D eigenvalue weighted by atomic mass is 10.1. The SMILES string of the molecule is CC(C)N(Cc1cccc(-c2ccc(OC(F)(F)F)cc2)n1)C(=O)Cc1cn(C)cn1. The molecule has 0 radical (unpaired) electrons. The van der Waals surface area contributed by atoms with Crippen molar-refractivity contribution in [1.29, 1.82) is 0 Å². The summed E-state index contributed by atoms with van der Waals surface area (Å²) in [5.74, 6) is -0.354. The van der Waals surface area contributed by atoms with Crippen LogP contribution in [0.5, 0.6) is 5.75 Å². The quantitative estimate of drug-likeness (QED) is 0.557. The van der Waals surface area contributed by atoms with Crippen LogP contribution < -0.4 is 4.74 Å². The first-order valence-corrected chi connectivity index (χ1v) is 9.69. The summed E-state index contributed by atoms with van der Waals surface area (Å²) in [5, 5.41) is 0. The summed E-state index contributed by atoms with van der Waals surface area (Å²) in [5.41, 5.74) is 2.61. The van der Waals surface area contributed by atoms with Crippen molar-refractivity contribution in [3.05, 3.63) is 66.4 Å². The Morgan fingerprint density at radius 1 is 1.13 bits per heavy atom. The summed E-state index contributed by atoms with van der Waals surface area (Å²) >= 11 is 0. The van der Waals surface area contributed by atoms with Crippen molar-refractivity contribution in [3.8, 4) is 17.0 Å². The van der Waals surface area contributed by atoms with Crippen LogP contribution in [0.25, 0.3) is 11.3 Å². The lowest BCUT2D eigenvalue weighted by Crippen LogP contribution is -2.37. The summed E-state index contributed by atoms with van der Waals surface area (Å²) in [7, 11) is 1.85. The van der Waals surface area contributed by atoms with Gasteiger partial charge in [-0.25, -0.2) is 4.98 Å². The van der Waals surface area contributed by atoms with Crippen LogP contribution in [-0.4, -0.2) is 37.7 Å². The van der Waals surface area contributed by atoms with Gasteiger partial charge < -0.3 is 14.2 Å². The zero-order chi connectivity index (χ0) is 22.6. The number of ether oxygens (including phenoxy) is 1. The van der Waals surface area contributed by atoms with Crippen molar-refractivity contribution < 1.29 is 22.7 Å². The maximum Gasteiger partial charge on any atom is 0.573 e. The van der Waals surface area contributed by atoms with Crippen LogP contribution in [0.2, 0.25) is 0 Å². The Morgan fingerprint density at radius 3 is 2.42 bits per heavy atom. The largest absolute Gasteiger partial charge is 0.573 e. The molecule has 3 rings (SSSR count). The van der Waals surface area contributed by atoms with Crippen LogP contribution in [-0.2, 0) is 24.8 Å². The van der Waals surface area contributed by atoms with Gasteiger partial charge in [0.05, 0.1) is 36.4 Å². The van der Waals surface area contributed by atoms with Gasteiger partial charge in [-0.1, -0.05) is 6.07 Å². The normalized spacial score (nSPS) is 11.6. The number of hydrogen-bond donors (Lipinski definition) is 0. The first-order chi connectivity index (χ1) is 14.6. The molecule has 9 heteroatoms. The summed E-state index contributed by atoms with van der Waals surface area (Å²) < 4.78 is 42.7. The lowest BCUT2D eigenvalue weighted by molar-refractivity contribution is -0.274. The first-order valence-electron chi connectivity index (χ1n) is 9.69. The van der Waals surface area contributed by atoms with Crippen molar-refractivity contribution in [3.63, 3.8) is 0 Å². The molecule has 0 bridgehead atoms. The zero-order valence-corrected chi connectivity index (χ0v) is 17.4. The third-order valence-corrected chi connectivity index (χ3v) is 4.56. The highest BCUT2D eigenvalue weighted by Gasteiger charge is 2.31. The molecule has 0 fully saturated rings. The molecule has 0 aliphatic carbocycles. The maximum absolute atomic E-state index is 12.8. The third kappa shape index (κ3) is 6.31. The molecule has 0 aliphatic rings. The number of halogens is 3. The number of amides is 1. The minimum absolute atomic E-state index is 0.0412. The number of carbonyl (C=O) groups excluding carboxylic acids is 1. The number of rotatable bonds is 7. The van der Waals surface area contributed by atoms with Crippen LogP contribution in [0, 0.1) is 0 Å². The number of alkyl halides is 3. The number of aromatic nitrogens is 3. The van der Waals surface area contributed by atoms with Gasteiger partial charge in [0.15, 0.2) is 0 Å². The summed E-state index contributed by atoms with van der Waals surface area (Å²) in [6.07, 6.45) is -1.08. The van der Waals surface area contributed by atoms with E-state index in [4.69, 9.17) is 0 Å². The Morgan fingerprint density at radius 2 is 1.84 bits per heavy atom. The Bertz CT molecular complexity index is 1030. The molecule has 0 saturated carbocycles. The fourth-order valence-corrected chi connectivity index (χ4v) is 3.10. The molecule has 0 saturated heterocycles. The number of imidazole rings is 1. The molecule has 0 unspecified atom stereocenters. The molecule has 0 atom stereocenters. The molecule has 31 heavy (non-hydrogen) atoms. The Labute approximate surface area is 178 Å². The van der Waals surface area contributed by atoms with Crippen LogP contribution in [0.4, 0.5) is 13.2 Å². The fourth-order valence-electron chi connectivity index (χ4n) is 3.10. The van der Waals surface area contributed by atoms with E-state index in [9.17, 15) is 18.0 Å². The molecule has 2 heterocycles. The predicted molar refractivity (Wildman–Crippen MR) is 109 cm³/mol. The summed E-state index contributed by atoms with van der Waals surface area (Å²) in [6.45, 7) is 4.17. The Kier molecular flexibility index (Phi) is 6.62. The van der Waals surface area contributed by atoms with E-state index in [1.165, 1.54) is 24.3 Å². The van der Waals surface area contributed by atoms with E-state index in [1.807, 2.05) is 27.0 Å². The predicted octanol–water partition coefficient (Wildman–Crippen LogP) is 4.36. The van der Waals surface area contributed by atoms with Gasteiger partial charge in [-0.15, -0.1) is 13.2 Å². The highest BCUT2D eigenvalue weighted by Crippen LogP contribution is 2.26. The average Bonchev–Trinajstić information content (AvgIpc) is 3.10. The molecule has 0 spiro atoms. The molecule has 2 aromatic heterocycles. The van der Waals surface area contributed by atoms with Crippen LogP contribution in [0.15, 0.2) is 55.0 Å². The number of aryl methyl sites for hydroxylation is 1. The number of hydrogen-bond acceptors (Lipinski definition) is 4. The highest BCUT2D eigenvalue weighted by atomic mass is 19.4. The topological polar surface area (TPSA) is 60.2 Å². The second-order valence-electron chi connectivity index (χ2n) is 7.41. The van der Waals surface area contributed by atoms with E-state index in [0.29, 0.717) is 29.2 Å². The number of pyridine rings is 1. The van der Waals surface area contributed by atoms with Gasteiger partial charge in [-0.3, -0.25) is 9.78 Å². The van der Waals surface area contributed by atoms with Gasteiger partial charge in [0.2, 0.25) is 5.91 Å². The molecular weight excluding hydrogens is 409 g/mol. The summed E-state index contributed by atoms with van der Waals surface area (Å²) in [4.78, 5) is 23.3. The smallest absolute Gasteiger partial charge is 0.406 e. The molecule has 1 amide bonds. The summed E-state index contributed by atoms with van der Waals surface area (Å²) in [6, 6.07) is 10.9. The van der Waals surface area contributed by atoms with Gasteiger partial charge in [-0.05, 0) is 50.2 Å². The average molecular weight is 432 g/mol. The van der Waals surface area contributed by atoms with Gasteiger partial charge >= 0.3 is 6.36 Å². The minimum atomic E-state index is -4.73. The maximum atomic E-state index is 12.8. The van der Waals surface area contributed by atoms with Gasteiger partial charge in [0.25, 0.3) is 0 Å².